The van der Waals surface area contributed by atoms with Gasteiger partial charge in [0.05, 0.1) is 23.9 Å². The lowest BCUT2D eigenvalue weighted by molar-refractivity contribution is 0.411. The molecule has 0 aromatic heterocycles. The number of hydrogen-bond donors (Lipinski definition) is 1. The van der Waals surface area contributed by atoms with Gasteiger partial charge < -0.3 is 4.74 Å². The summed E-state index contributed by atoms with van der Waals surface area (Å²) in [6, 6.07) is 10.6. The molecule has 9 heteroatoms. The van der Waals surface area contributed by atoms with Gasteiger partial charge in [0, 0.05) is 12.7 Å². The summed E-state index contributed by atoms with van der Waals surface area (Å²) in [7, 11) is -4.19. The van der Waals surface area contributed by atoms with Crippen LogP contribution in [-0.2, 0) is 20.0 Å². The van der Waals surface area contributed by atoms with Gasteiger partial charge >= 0.3 is 0 Å². The minimum atomic E-state index is -3.76. The van der Waals surface area contributed by atoms with Gasteiger partial charge in [-0.15, -0.1) is 0 Å². The van der Waals surface area contributed by atoms with Crippen LogP contribution in [0, 0.1) is 6.92 Å². The molecule has 0 bridgehead atoms. The van der Waals surface area contributed by atoms with Gasteiger partial charge in [-0.3, -0.25) is 9.03 Å². The first-order chi connectivity index (χ1) is 11.5. The van der Waals surface area contributed by atoms with Gasteiger partial charge in [0.15, 0.2) is 0 Å². The molecular formula is C16H20N2O5S2. The SMILES string of the molecule is COc1ccc(S(=O)(=O)Nc2ccc(N(C)S(C)(=O)=O)cc2)cc1C. The maximum atomic E-state index is 12.5. The maximum absolute atomic E-state index is 12.5. The highest BCUT2D eigenvalue weighted by atomic mass is 32.2. The fourth-order valence-corrected chi connectivity index (χ4v) is 3.81. The Hall–Kier alpha value is -2.26. The summed E-state index contributed by atoms with van der Waals surface area (Å²) >= 11 is 0. The minimum absolute atomic E-state index is 0.114. The molecule has 0 amide bonds. The molecule has 0 aliphatic carbocycles. The largest absolute Gasteiger partial charge is 0.496 e. The first kappa shape index (κ1) is 19.1. The van der Waals surface area contributed by atoms with E-state index in [-0.39, 0.29) is 4.90 Å². The number of aryl methyl sites for hydroxylation is 1. The lowest BCUT2D eigenvalue weighted by atomic mass is 10.2. The van der Waals surface area contributed by atoms with Crippen LogP contribution in [0.15, 0.2) is 47.4 Å². The lowest BCUT2D eigenvalue weighted by Gasteiger charge is -2.17. The van der Waals surface area contributed by atoms with E-state index in [2.05, 4.69) is 4.72 Å². The predicted octanol–water partition coefficient (Wildman–Crippen LogP) is 2.20. The van der Waals surface area contributed by atoms with E-state index in [1.54, 1.807) is 13.0 Å². The molecule has 2 rings (SSSR count). The summed E-state index contributed by atoms with van der Waals surface area (Å²) in [6.45, 7) is 1.76. The van der Waals surface area contributed by atoms with Crippen molar-refractivity contribution in [3.05, 3.63) is 48.0 Å². The summed E-state index contributed by atoms with van der Waals surface area (Å²) < 4.78 is 56.7. The molecule has 136 valence electrons. The second kappa shape index (κ2) is 6.93. The number of methoxy groups -OCH3 is 1. The first-order valence-electron chi connectivity index (χ1n) is 7.26. The molecule has 25 heavy (non-hydrogen) atoms. The van der Waals surface area contributed by atoms with Gasteiger partial charge in [0.1, 0.15) is 5.75 Å². The van der Waals surface area contributed by atoms with E-state index >= 15 is 0 Å². The molecule has 0 aliphatic rings. The number of nitrogens with one attached hydrogen (secondary N) is 1. The molecule has 2 aromatic rings. The second-order valence-corrected chi connectivity index (χ2v) is 9.21. The number of nitrogens with zero attached hydrogens (tertiary/aromatic N) is 1. The van der Waals surface area contributed by atoms with Crippen LogP contribution in [0.1, 0.15) is 5.56 Å². The van der Waals surface area contributed by atoms with E-state index in [4.69, 9.17) is 4.74 Å². The number of rotatable bonds is 6. The van der Waals surface area contributed by atoms with Crippen molar-refractivity contribution in [2.75, 3.05) is 29.4 Å². The van der Waals surface area contributed by atoms with Crippen LogP contribution in [0.2, 0.25) is 0 Å². The Bertz CT molecular complexity index is 968. The van der Waals surface area contributed by atoms with Crippen LogP contribution < -0.4 is 13.8 Å². The van der Waals surface area contributed by atoms with Crippen molar-refractivity contribution in [2.24, 2.45) is 0 Å². The molecule has 0 spiro atoms. The standard InChI is InChI=1S/C16H20N2O5S2/c1-12-11-15(9-10-16(12)23-3)25(21,22)17-13-5-7-14(8-6-13)18(2)24(4,19)20/h5-11,17H,1-4H3. The normalized spacial score (nSPS) is 11.8. The number of benzene rings is 2. The fourth-order valence-electron chi connectivity index (χ4n) is 2.16. The summed E-state index contributed by atoms with van der Waals surface area (Å²) in [5.74, 6) is 0.604. The zero-order valence-corrected chi connectivity index (χ0v) is 16.0. The van der Waals surface area contributed by atoms with Gasteiger partial charge in [-0.1, -0.05) is 0 Å². The summed E-state index contributed by atoms with van der Waals surface area (Å²) in [5.41, 5.74) is 1.47. The highest BCUT2D eigenvalue weighted by molar-refractivity contribution is 7.92. The molecule has 2 aromatic carbocycles. The average Bonchev–Trinajstić information content (AvgIpc) is 2.53. The molecule has 0 fully saturated rings. The second-order valence-electron chi connectivity index (χ2n) is 5.51. The highest BCUT2D eigenvalue weighted by Gasteiger charge is 2.16. The van der Waals surface area contributed by atoms with Crippen LogP contribution in [0.4, 0.5) is 11.4 Å². The van der Waals surface area contributed by atoms with Crippen LogP contribution >= 0.6 is 0 Å². The Morgan fingerprint density at radius 2 is 1.60 bits per heavy atom. The van der Waals surface area contributed by atoms with Gasteiger partial charge in [0.2, 0.25) is 10.0 Å². The van der Waals surface area contributed by atoms with E-state index in [0.717, 1.165) is 10.6 Å². The average molecular weight is 384 g/mol. The van der Waals surface area contributed by atoms with Crippen LogP contribution in [0.3, 0.4) is 0 Å². The molecule has 0 atom stereocenters. The molecule has 0 aliphatic heterocycles. The number of anilines is 2. The van der Waals surface area contributed by atoms with Crippen molar-refractivity contribution in [2.45, 2.75) is 11.8 Å². The highest BCUT2D eigenvalue weighted by Crippen LogP contribution is 2.24. The molecule has 0 heterocycles. The minimum Gasteiger partial charge on any atom is -0.496 e. The van der Waals surface area contributed by atoms with Gasteiger partial charge in [-0.05, 0) is 55.0 Å². The molecular weight excluding hydrogens is 364 g/mol. The maximum Gasteiger partial charge on any atom is 0.261 e. The van der Waals surface area contributed by atoms with Gasteiger partial charge in [0.25, 0.3) is 10.0 Å². The number of ether oxygens (including phenoxy) is 1. The first-order valence-corrected chi connectivity index (χ1v) is 10.6. The fraction of sp³-hybridized carbons (Fsp3) is 0.250. The topological polar surface area (TPSA) is 92.8 Å². The molecule has 0 radical (unpaired) electrons. The Labute approximate surface area is 148 Å². The zero-order valence-electron chi connectivity index (χ0n) is 14.3. The van der Waals surface area contributed by atoms with E-state index in [0.29, 0.717) is 22.7 Å². The lowest BCUT2D eigenvalue weighted by Crippen LogP contribution is -2.24. The molecule has 0 unspecified atom stereocenters. The quantitative estimate of drug-likeness (QED) is 0.824. The zero-order chi connectivity index (χ0) is 18.8. The van der Waals surface area contributed by atoms with E-state index in [1.807, 2.05) is 0 Å². The third-order valence-corrected chi connectivity index (χ3v) is 6.24. The Morgan fingerprint density at radius 1 is 1.00 bits per heavy atom. The molecule has 0 saturated heterocycles. The number of sulfonamides is 2. The number of hydrogen-bond acceptors (Lipinski definition) is 5. The summed E-state index contributed by atoms with van der Waals surface area (Å²) in [4.78, 5) is 0.114. The summed E-state index contributed by atoms with van der Waals surface area (Å²) in [6.07, 6.45) is 1.09. The van der Waals surface area contributed by atoms with Gasteiger partial charge in [-0.25, -0.2) is 16.8 Å². The molecule has 1 N–H and O–H groups in total. The van der Waals surface area contributed by atoms with Crippen molar-refractivity contribution in [3.8, 4) is 5.75 Å². The molecule has 0 saturated carbocycles. The van der Waals surface area contributed by atoms with Crippen LogP contribution in [-0.4, -0.2) is 37.2 Å². The third-order valence-electron chi connectivity index (χ3n) is 3.66. The predicted molar refractivity (Wildman–Crippen MR) is 98.2 cm³/mol. The Balaban J connectivity index is 2.25. The van der Waals surface area contributed by atoms with E-state index < -0.39 is 20.0 Å². The van der Waals surface area contributed by atoms with Crippen molar-refractivity contribution in [3.63, 3.8) is 0 Å². The monoisotopic (exact) mass is 384 g/mol. The smallest absolute Gasteiger partial charge is 0.261 e. The molecule has 7 nitrogen and oxygen atoms in total. The Morgan fingerprint density at radius 3 is 2.08 bits per heavy atom. The van der Waals surface area contributed by atoms with Crippen molar-refractivity contribution in [1.29, 1.82) is 0 Å². The van der Waals surface area contributed by atoms with E-state index in [1.165, 1.54) is 50.6 Å². The van der Waals surface area contributed by atoms with Crippen molar-refractivity contribution < 1.29 is 21.6 Å². The van der Waals surface area contributed by atoms with E-state index in [9.17, 15) is 16.8 Å². The Kier molecular flexibility index (Phi) is 5.28. The summed E-state index contributed by atoms with van der Waals surface area (Å²) in [5, 5.41) is 0. The van der Waals surface area contributed by atoms with Gasteiger partial charge in [-0.2, -0.15) is 0 Å². The van der Waals surface area contributed by atoms with Crippen LogP contribution in [0.25, 0.3) is 0 Å². The van der Waals surface area contributed by atoms with Crippen molar-refractivity contribution in [1.82, 2.24) is 0 Å². The third kappa shape index (κ3) is 4.43. The van der Waals surface area contributed by atoms with Crippen molar-refractivity contribution >= 4 is 31.4 Å². The van der Waals surface area contributed by atoms with Crippen LogP contribution in [0.5, 0.6) is 5.75 Å².